The molecule has 13 heavy (non-hydrogen) atoms. The van der Waals surface area contributed by atoms with Crippen molar-refractivity contribution < 1.29 is 14.3 Å². The molecular formula is C6H8N4O3. The summed E-state index contributed by atoms with van der Waals surface area (Å²) in [6.07, 6.45) is 1.43. The molecule has 70 valence electrons. The second kappa shape index (κ2) is 4.10. The number of H-pyrrole nitrogens is 1. The van der Waals surface area contributed by atoms with Crippen molar-refractivity contribution in [3.8, 4) is 0 Å². The van der Waals surface area contributed by atoms with Crippen molar-refractivity contribution in [1.29, 1.82) is 0 Å². The molecule has 1 aromatic heterocycles. The van der Waals surface area contributed by atoms with Gasteiger partial charge in [0.15, 0.2) is 0 Å². The maximum absolute atomic E-state index is 10.4. The number of urea groups is 1. The first-order chi connectivity index (χ1) is 6.24. The Hall–Kier alpha value is -2.05. The molecule has 0 bridgehead atoms. The molecule has 0 saturated heterocycles. The monoisotopic (exact) mass is 184 g/mol. The smallest absolute Gasteiger partial charge is 0.317 e. The fourth-order valence-electron chi connectivity index (χ4n) is 0.776. The van der Waals surface area contributed by atoms with E-state index < -0.39 is 6.03 Å². The standard InChI is InChI=1S/C6H8N4O3/c7-6(12)9-5-4(1-8-10-5)2-13-3-11/h1,3H,2H2,(H4,7,8,9,10,12). The molecule has 0 radical (unpaired) electrons. The van der Waals surface area contributed by atoms with Crippen LogP contribution in [0.2, 0.25) is 0 Å². The van der Waals surface area contributed by atoms with Gasteiger partial charge >= 0.3 is 6.03 Å². The largest absolute Gasteiger partial charge is 0.463 e. The van der Waals surface area contributed by atoms with Crippen LogP contribution in [0.5, 0.6) is 0 Å². The van der Waals surface area contributed by atoms with Crippen molar-refractivity contribution >= 4 is 18.3 Å². The molecule has 0 aliphatic rings. The predicted octanol–water partition coefficient (Wildman–Crippen LogP) is -0.427. The van der Waals surface area contributed by atoms with Crippen molar-refractivity contribution in [2.45, 2.75) is 6.61 Å². The summed E-state index contributed by atoms with van der Waals surface area (Å²) in [7, 11) is 0. The molecule has 0 aliphatic heterocycles. The van der Waals surface area contributed by atoms with Crippen molar-refractivity contribution in [2.75, 3.05) is 5.32 Å². The number of hydrogen-bond acceptors (Lipinski definition) is 4. The van der Waals surface area contributed by atoms with E-state index in [1.165, 1.54) is 6.20 Å². The van der Waals surface area contributed by atoms with E-state index in [-0.39, 0.29) is 6.61 Å². The summed E-state index contributed by atoms with van der Waals surface area (Å²) in [5.41, 5.74) is 5.42. The Balaban J connectivity index is 2.65. The fraction of sp³-hybridized carbons (Fsp3) is 0.167. The molecule has 0 aliphatic carbocycles. The van der Waals surface area contributed by atoms with Gasteiger partial charge in [-0.2, -0.15) is 5.10 Å². The number of primary amides is 1. The van der Waals surface area contributed by atoms with Crippen LogP contribution in [0.15, 0.2) is 6.20 Å². The van der Waals surface area contributed by atoms with Gasteiger partial charge in [-0.05, 0) is 0 Å². The molecule has 0 fully saturated rings. The number of ether oxygens (including phenoxy) is 1. The molecule has 1 heterocycles. The van der Waals surface area contributed by atoms with Crippen LogP contribution in [0.1, 0.15) is 5.56 Å². The molecule has 0 spiro atoms. The maximum atomic E-state index is 10.4. The lowest BCUT2D eigenvalue weighted by Gasteiger charge is -2.00. The van der Waals surface area contributed by atoms with Gasteiger partial charge in [0.1, 0.15) is 12.4 Å². The summed E-state index contributed by atoms with van der Waals surface area (Å²) in [6, 6.07) is -0.711. The van der Waals surface area contributed by atoms with Gasteiger partial charge in [0.25, 0.3) is 6.47 Å². The van der Waals surface area contributed by atoms with Gasteiger partial charge in [-0.15, -0.1) is 0 Å². The third-order valence-electron chi connectivity index (χ3n) is 1.27. The lowest BCUT2D eigenvalue weighted by atomic mass is 10.3. The number of aromatic amines is 1. The van der Waals surface area contributed by atoms with Crippen molar-refractivity contribution in [1.82, 2.24) is 10.2 Å². The van der Waals surface area contributed by atoms with Gasteiger partial charge in [0.2, 0.25) is 0 Å². The topological polar surface area (TPSA) is 110 Å². The third kappa shape index (κ3) is 2.47. The number of aromatic nitrogens is 2. The minimum atomic E-state index is -0.711. The van der Waals surface area contributed by atoms with Crippen LogP contribution >= 0.6 is 0 Å². The van der Waals surface area contributed by atoms with Crippen molar-refractivity contribution in [2.24, 2.45) is 5.73 Å². The van der Waals surface area contributed by atoms with Gasteiger partial charge in [0, 0.05) is 0 Å². The number of nitrogens with one attached hydrogen (secondary N) is 2. The summed E-state index contributed by atoms with van der Waals surface area (Å²) in [4.78, 5) is 20.3. The highest BCUT2D eigenvalue weighted by Crippen LogP contribution is 2.10. The minimum absolute atomic E-state index is 0.0373. The number of hydrogen-bond donors (Lipinski definition) is 3. The van der Waals surface area contributed by atoms with Crippen LogP contribution < -0.4 is 11.1 Å². The van der Waals surface area contributed by atoms with E-state index in [1.807, 2.05) is 0 Å². The van der Waals surface area contributed by atoms with E-state index in [4.69, 9.17) is 5.73 Å². The summed E-state index contributed by atoms with van der Waals surface area (Å²) in [6.45, 7) is 0.344. The third-order valence-corrected chi connectivity index (χ3v) is 1.27. The number of anilines is 1. The minimum Gasteiger partial charge on any atom is -0.463 e. The molecule has 0 saturated carbocycles. The summed E-state index contributed by atoms with van der Waals surface area (Å²) in [5, 5.41) is 8.41. The van der Waals surface area contributed by atoms with Crippen LogP contribution in [0.3, 0.4) is 0 Å². The highest BCUT2D eigenvalue weighted by Gasteiger charge is 2.06. The second-order valence-electron chi connectivity index (χ2n) is 2.17. The molecule has 4 N–H and O–H groups in total. The van der Waals surface area contributed by atoms with Gasteiger partial charge in [-0.25, -0.2) is 4.79 Å². The highest BCUT2D eigenvalue weighted by atomic mass is 16.5. The first kappa shape index (κ1) is 9.04. The lowest BCUT2D eigenvalue weighted by Crippen LogP contribution is -2.20. The van der Waals surface area contributed by atoms with Crippen molar-refractivity contribution in [3.63, 3.8) is 0 Å². The van der Waals surface area contributed by atoms with Crippen LogP contribution in [-0.2, 0) is 16.1 Å². The van der Waals surface area contributed by atoms with E-state index in [9.17, 15) is 9.59 Å². The normalized spacial score (nSPS) is 9.23. The molecule has 0 unspecified atom stereocenters. The first-order valence-corrected chi connectivity index (χ1v) is 3.38. The summed E-state index contributed by atoms with van der Waals surface area (Å²) >= 11 is 0. The summed E-state index contributed by atoms with van der Waals surface area (Å²) < 4.78 is 4.47. The molecule has 1 aromatic rings. The zero-order valence-electron chi connectivity index (χ0n) is 6.61. The van der Waals surface area contributed by atoms with Crippen molar-refractivity contribution in [3.05, 3.63) is 11.8 Å². The second-order valence-corrected chi connectivity index (χ2v) is 2.17. The zero-order chi connectivity index (χ0) is 9.68. The predicted molar refractivity (Wildman–Crippen MR) is 42.6 cm³/mol. The molecular weight excluding hydrogens is 176 g/mol. The Labute approximate surface area is 73.2 Å². The Morgan fingerprint density at radius 2 is 2.62 bits per heavy atom. The SMILES string of the molecule is NC(=O)Nc1[nH]ncc1COC=O. The Bertz CT molecular complexity index is 309. The average molecular weight is 184 g/mol. The van der Waals surface area contributed by atoms with E-state index in [0.29, 0.717) is 17.9 Å². The quantitative estimate of drug-likeness (QED) is 0.551. The summed E-state index contributed by atoms with van der Waals surface area (Å²) in [5.74, 6) is 0.328. The number of nitrogens with zero attached hydrogens (tertiary/aromatic N) is 1. The van der Waals surface area contributed by atoms with Gasteiger partial charge in [-0.3, -0.25) is 15.2 Å². The average Bonchev–Trinajstić information content (AvgIpc) is 2.48. The number of carbonyl (C=O) groups is 2. The molecule has 0 atom stereocenters. The highest BCUT2D eigenvalue weighted by molar-refractivity contribution is 5.87. The van der Waals surface area contributed by atoms with Gasteiger partial charge in [-0.1, -0.05) is 0 Å². The zero-order valence-corrected chi connectivity index (χ0v) is 6.61. The molecule has 2 amide bonds. The lowest BCUT2D eigenvalue weighted by molar-refractivity contribution is -0.129. The van der Waals surface area contributed by atoms with Crippen LogP contribution in [0.4, 0.5) is 10.6 Å². The van der Waals surface area contributed by atoms with Gasteiger partial charge in [0.05, 0.1) is 11.8 Å². The molecule has 1 rings (SSSR count). The maximum Gasteiger partial charge on any atom is 0.317 e. The van der Waals surface area contributed by atoms with Crippen LogP contribution in [0.25, 0.3) is 0 Å². The van der Waals surface area contributed by atoms with E-state index in [1.54, 1.807) is 0 Å². The van der Waals surface area contributed by atoms with Gasteiger partial charge < -0.3 is 10.5 Å². The number of rotatable bonds is 4. The van der Waals surface area contributed by atoms with E-state index in [2.05, 4.69) is 20.3 Å². The number of nitrogens with two attached hydrogens (primary N) is 1. The van der Waals surface area contributed by atoms with Crippen LogP contribution in [0, 0.1) is 0 Å². The fourth-order valence-corrected chi connectivity index (χ4v) is 0.776. The number of carbonyl (C=O) groups excluding carboxylic acids is 2. The molecule has 7 nitrogen and oxygen atoms in total. The van der Waals surface area contributed by atoms with E-state index in [0.717, 1.165) is 0 Å². The van der Waals surface area contributed by atoms with E-state index >= 15 is 0 Å². The molecule has 7 heteroatoms. The molecule has 0 aromatic carbocycles. The number of amides is 2. The Morgan fingerprint density at radius 3 is 3.23 bits per heavy atom. The van der Waals surface area contributed by atoms with Crippen LogP contribution in [-0.4, -0.2) is 22.7 Å². The first-order valence-electron chi connectivity index (χ1n) is 3.38. The Kier molecular flexibility index (Phi) is 2.85. The Morgan fingerprint density at radius 1 is 1.85 bits per heavy atom.